The van der Waals surface area contributed by atoms with Crippen molar-refractivity contribution in [2.24, 2.45) is 5.92 Å². The fourth-order valence-corrected chi connectivity index (χ4v) is 5.38. The Hall–Kier alpha value is -4.17. The van der Waals surface area contributed by atoms with Crippen molar-refractivity contribution in [2.75, 3.05) is 19.6 Å². The normalized spacial score (nSPS) is 17.5. The first kappa shape index (κ1) is 28.4. The van der Waals surface area contributed by atoms with Crippen LogP contribution in [0.3, 0.4) is 0 Å². The highest BCUT2D eigenvalue weighted by Gasteiger charge is 2.33. The molecule has 0 spiro atoms. The van der Waals surface area contributed by atoms with Crippen molar-refractivity contribution in [3.05, 3.63) is 95.9 Å². The Kier molecular flexibility index (Phi) is 8.40. The van der Waals surface area contributed by atoms with Crippen molar-refractivity contribution >= 4 is 22.9 Å². The average Bonchev–Trinajstić information content (AvgIpc) is 3.54. The molecule has 0 unspecified atom stereocenters. The molecule has 2 atom stereocenters. The highest BCUT2D eigenvalue weighted by atomic mass is 19.1. The van der Waals surface area contributed by atoms with Gasteiger partial charge in [0, 0.05) is 43.1 Å². The van der Waals surface area contributed by atoms with Gasteiger partial charge in [0.25, 0.3) is 5.91 Å². The first-order chi connectivity index (χ1) is 19.6. The van der Waals surface area contributed by atoms with E-state index in [0.29, 0.717) is 18.8 Å². The van der Waals surface area contributed by atoms with Gasteiger partial charge in [-0.25, -0.2) is 9.18 Å². The molecule has 0 bridgehead atoms. The Labute approximate surface area is 240 Å². The van der Waals surface area contributed by atoms with E-state index >= 15 is 0 Å². The van der Waals surface area contributed by atoms with Crippen molar-refractivity contribution in [3.63, 3.8) is 0 Å². The topological polar surface area (TPSA) is 86.5 Å². The Morgan fingerprint density at radius 3 is 2.41 bits per heavy atom. The van der Waals surface area contributed by atoms with E-state index in [1.165, 1.54) is 17.7 Å². The van der Waals surface area contributed by atoms with Gasteiger partial charge in [0.15, 0.2) is 0 Å². The van der Waals surface area contributed by atoms with Crippen molar-refractivity contribution in [1.29, 1.82) is 0 Å². The van der Waals surface area contributed by atoms with Gasteiger partial charge in [0.05, 0.1) is 0 Å². The number of aromatic nitrogens is 1. The summed E-state index contributed by atoms with van der Waals surface area (Å²) in [4.78, 5) is 31.0. The summed E-state index contributed by atoms with van der Waals surface area (Å²) < 4.78 is 18.7. The molecule has 4 aromatic rings. The van der Waals surface area contributed by atoms with Gasteiger partial charge in [-0.15, -0.1) is 0 Å². The van der Waals surface area contributed by atoms with E-state index in [0.717, 1.165) is 41.5 Å². The highest BCUT2D eigenvalue weighted by Crippen LogP contribution is 2.27. The van der Waals surface area contributed by atoms with Crippen LogP contribution in [0.1, 0.15) is 43.2 Å². The van der Waals surface area contributed by atoms with Crippen LogP contribution in [0.15, 0.2) is 78.9 Å². The maximum absolute atomic E-state index is 13.3. The summed E-state index contributed by atoms with van der Waals surface area (Å²) in [6, 6.07) is 24.5. The lowest BCUT2D eigenvalue weighted by atomic mass is 10.0. The number of H-pyrrole nitrogens is 1. The molecule has 0 aliphatic carbocycles. The maximum Gasteiger partial charge on any atom is 0.407 e. The molecule has 1 aromatic heterocycles. The van der Waals surface area contributed by atoms with Gasteiger partial charge in [-0.2, -0.15) is 0 Å². The number of hydrogen-bond donors (Lipinski definition) is 3. The van der Waals surface area contributed by atoms with Crippen LogP contribution in [0, 0.1) is 11.7 Å². The number of carbonyl (C=O) groups excluding carboxylic acids is 2. The van der Waals surface area contributed by atoms with Crippen LogP contribution in [-0.4, -0.2) is 53.2 Å². The van der Waals surface area contributed by atoms with Crippen LogP contribution >= 0.6 is 0 Å². The van der Waals surface area contributed by atoms with Crippen molar-refractivity contribution in [3.8, 4) is 11.1 Å². The summed E-state index contributed by atoms with van der Waals surface area (Å²) in [6.45, 7) is 8.13. The second kappa shape index (κ2) is 12.1. The lowest BCUT2D eigenvalue weighted by molar-refractivity contribution is 0.0519. The van der Waals surface area contributed by atoms with Gasteiger partial charge >= 0.3 is 6.09 Å². The number of alkyl carbamates (subject to hydrolysis) is 1. The molecule has 2 amide bonds. The minimum Gasteiger partial charge on any atom is -0.444 e. The van der Waals surface area contributed by atoms with Gasteiger partial charge in [-0.3, -0.25) is 9.69 Å². The molecule has 7 nitrogen and oxygen atoms in total. The fourth-order valence-electron chi connectivity index (χ4n) is 5.38. The van der Waals surface area contributed by atoms with Gasteiger partial charge in [0.1, 0.15) is 17.1 Å². The molecule has 3 aromatic carbocycles. The number of rotatable bonds is 8. The minimum atomic E-state index is -0.545. The third kappa shape index (κ3) is 7.52. The van der Waals surface area contributed by atoms with E-state index in [2.05, 4.69) is 32.7 Å². The summed E-state index contributed by atoms with van der Waals surface area (Å²) in [5, 5.41) is 6.96. The predicted molar refractivity (Wildman–Crippen MR) is 159 cm³/mol. The molecule has 3 N–H and O–H groups in total. The number of carbonyl (C=O) groups is 2. The minimum absolute atomic E-state index is 0.124. The van der Waals surface area contributed by atoms with Gasteiger partial charge in [-0.1, -0.05) is 54.6 Å². The van der Waals surface area contributed by atoms with Crippen molar-refractivity contribution in [1.82, 2.24) is 20.5 Å². The molecule has 2 heterocycles. The average molecular weight is 557 g/mol. The highest BCUT2D eigenvalue weighted by molar-refractivity contribution is 5.98. The summed E-state index contributed by atoms with van der Waals surface area (Å²) in [5.74, 6) is -0.200. The third-order valence-corrected chi connectivity index (χ3v) is 7.32. The molecule has 0 saturated carbocycles. The van der Waals surface area contributed by atoms with Gasteiger partial charge < -0.3 is 20.4 Å². The number of nitrogens with zero attached hydrogens (tertiary/aromatic N) is 1. The standard InChI is InChI=1S/C33H37FN4O3/c1-33(2,3)41-32(40)36-18-23-15-28(38(21-23)20-22-7-5-4-6-8-22)19-35-31(39)30-17-26-10-9-25(16-29(26)37-30)24-11-13-27(34)14-12-24/h4-14,16-17,23,28,37H,15,18-21H2,1-3H3,(H,35,39)(H,36,40)/t23-,28+/m1/s1. The summed E-state index contributed by atoms with van der Waals surface area (Å²) in [6.07, 6.45) is 0.432. The smallest absolute Gasteiger partial charge is 0.407 e. The predicted octanol–water partition coefficient (Wildman–Crippen LogP) is 6.12. The number of aromatic amines is 1. The van der Waals surface area contributed by atoms with Crippen molar-refractivity contribution in [2.45, 2.75) is 45.4 Å². The number of ether oxygens (including phenoxy) is 1. The van der Waals surface area contributed by atoms with Gasteiger partial charge in [0.2, 0.25) is 0 Å². The Morgan fingerprint density at radius 2 is 1.68 bits per heavy atom. The molecule has 8 heteroatoms. The SMILES string of the molecule is CC(C)(C)OC(=O)NC[C@H]1C[C@@H](CNC(=O)c2cc3ccc(-c4ccc(F)cc4)cc3[nH]2)N(Cc2ccccc2)C1. The Morgan fingerprint density at radius 1 is 0.951 bits per heavy atom. The van der Waals surface area contributed by atoms with Crippen LogP contribution in [0.5, 0.6) is 0 Å². The fraction of sp³-hybridized carbons (Fsp3) is 0.333. The molecule has 1 aliphatic rings. The largest absolute Gasteiger partial charge is 0.444 e. The van der Waals surface area contributed by atoms with Crippen LogP contribution in [-0.2, 0) is 11.3 Å². The van der Waals surface area contributed by atoms with Crippen LogP contribution < -0.4 is 10.6 Å². The maximum atomic E-state index is 13.3. The number of fused-ring (bicyclic) bond motifs is 1. The zero-order valence-corrected chi connectivity index (χ0v) is 23.7. The number of halogens is 1. The molecule has 41 heavy (non-hydrogen) atoms. The second-order valence-electron chi connectivity index (χ2n) is 11.8. The Balaban J connectivity index is 1.23. The van der Waals surface area contributed by atoms with Crippen LogP contribution in [0.2, 0.25) is 0 Å². The second-order valence-corrected chi connectivity index (χ2v) is 11.8. The molecule has 1 aliphatic heterocycles. The third-order valence-electron chi connectivity index (χ3n) is 7.32. The van der Waals surface area contributed by atoms with E-state index < -0.39 is 11.7 Å². The van der Waals surface area contributed by atoms with E-state index in [9.17, 15) is 14.0 Å². The summed E-state index contributed by atoms with van der Waals surface area (Å²) in [5.41, 5.74) is 3.85. The molecule has 0 radical (unpaired) electrons. The van der Waals surface area contributed by atoms with E-state index in [-0.39, 0.29) is 23.7 Å². The lowest BCUT2D eigenvalue weighted by Gasteiger charge is -2.24. The first-order valence-electron chi connectivity index (χ1n) is 14.0. The molecular formula is C33H37FN4O3. The number of benzene rings is 3. The molecular weight excluding hydrogens is 519 g/mol. The molecule has 1 saturated heterocycles. The van der Waals surface area contributed by atoms with E-state index in [1.807, 2.05) is 63.2 Å². The van der Waals surface area contributed by atoms with E-state index in [4.69, 9.17) is 4.74 Å². The quantitative estimate of drug-likeness (QED) is 0.244. The zero-order chi connectivity index (χ0) is 29.0. The number of nitrogens with one attached hydrogen (secondary N) is 3. The van der Waals surface area contributed by atoms with Gasteiger partial charge in [-0.05, 0) is 74.1 Å². The van der Waals surface area contributed by atoms with Crippen molar-refractivity contribution < 1.29 is 18.7 Å². The number of hydrogen-bond acceptors (Lipinski definition) is 4. The Bertz CT molecular complexity index is 1490. The van der Waals surface area contributed by atoms with Crippen LogP contribution in [0.4, 0.5) is 9.18 Å². The molecule has 214 valence electrons. The summed E-state index contributed by atoms with van der Waals surface area (Å²) >= 11 is 0. The number of amides is 2. The monoisotopic (exact) mass is 556 g/mol. The lowest BCUT2D eigenvalue weighted by Crippen LogP contribution is -2.39. The molecule has 5 rings (SSSR count). The van der Waals surface area contributed by atoms with Crippen LogP contribution in [0.25, 0.3) is 22.0 Å². The summed E-state index contributed by atoms with van der Waals surface area (Å²) in [7, 11) is 0. The molecule has 1 fully saturated rings. The zero-order valence-electron chi connectivity index (χ0n) is 23.7. The van der Waals surface area contributed by atoms with E-state index in [1.54, 1.807) is 12.1 Å². The first-order valence-corrected chi connectivity index (χ1v) is 14.0. The number of likely N-dealkylation sites (tertiary alicyclic amines) is 1.